The average molecular weight is 315 g/mol. The molecule has 3 rings (SSSR count). The second kappa shape index (κ2) is 6.32. The maximum absolute atomic E-state index is 12.6. The molecule has 1 N–H and O–H groups in total. The van der Waals surface area contributed by atoms with Gasteiger partial charge in [0.1, 0.15) is 18.3 Å². The maximum atomic E-state index is 12.6. The molecule has 0 unspecified atom stereocenters. The van der Waals surface area contributed by atoms with Crippen LogP contribution in [-0.2, 0) is 16.1 Å². The van der Waals surface area contributed by atoms with Crippen molar-refractivity contribution in [2.24, 2.45) is 0 Å². The molecule has 2 heterocycles. The number of ether oxygens (including phenoxy) is 1. The summed E-state index contributed by atoms with van der Waals surface area (Å²) in [6.07, 6.45) is 3.50. The Bertz CT molecular complexity index is 738. The van der Waals surface area contributed by atoms with Gasteiger partial charge in [0.25, 0.3) is 0 Å². The van der Waals surface area contributed by atoms with Crippen LogP contribution >= 0.6 is 0 Å². The molecule has 0 bridgehead atoms. The predicted octanol–water partition coefficient (Wildman–Crippen LogP) is 1.39. The first-order valence-corrected chi connectivity index (χ1v) is 7.78. The number of likely N-dealkylation sites (tertiary alicyclic amines) is 1. The number of hydrogen-bond acceptors (Lipinski definition) is 3. The number of carbonyl (C=O) groups is 2. The highest BCUT2D eigenvalue weighted by atomic mass is 16.5. The second-order valence-electron chi connectivity index (χ2n) is 5.73. The Morgan fingerprint density at radius 2 is 2.17 bits per heavy atom. The van der Waals surface area contributed by atoms with Gasteiger partial charge in [0, 0.05) is 30.7 Å². The lowest BCUT2D eigenvalue weighted by molar-refractivity contribution is -0.138. The summed E-state index contributed by atoms with van der Waals surface area (Å²) in [4.78, 5) is 26.2. The summed E-state index contributed by atoms with van der Waals surface area (Å²) in [5.74, 6) is 0.683. The number of amides is 2. The van der Waals surface area contributed by atoms with Crippen molar-refractivity contribution in [2.75, 3.05) is 20.7 Å². The molecule has 6 heteroatoms. The third kappa shape index (κ3) is 2.88. The number of fused-ring (bicyclic) bond motifs is 1. The van der Waals surface area contributed by atoms with Gasteiger partial charge in [0.2, 0.25) is 11.8 Å². The molecule has 2 amide bonds. The molecule has 122 valence electrons. The van der Waals surface area contributed by atoms with Crippen LogP contribution < -0.4 is 10.1 Å². The number of hydrogen-bond donors (Lipinski definition) is 1. The molecule has 0 aliphatic carbocycles. The fourth-order valence-electron chi connectivity index (χ4n) is 3.18. The maximum Gasteiger partial charge on any atom is 0.243 e. The van der Waals surface area contributed by atoms with Crippen LogP contribution in [-0.4, -0.2) is 48.0 Å². The van der Waals surface area contributed by atoms with Gasteiger partial charge in [-0.1, -0.05) is 0 Å². The first-order valence-electron chi connectivity index (χ1n) is 7.78. The molecule has 1 fully saturated rings. The van der Waals surface area contributed by atoms with E-state index in [2.05, 4.69) is 5.32 Å². The fraction of sp³-hybridized carbons (Fsp3) is 0.412. The lowest BCUT2D eigenvalue weighted by Gasteiger charge is -2.23. The monoisotopic (exact) mass is 315 g/mol. The van der Waals surface area contributed by atoms with Gasteiger partial charge in [-0.3, -0.25) is 9.59 Å². The van der Waals surface area contributed by atoms with Gasteiger partial charge in [-0.25, -0.2) is 0 Å². The Morgan fingerprint density at radius 1 is 1.35 bits per heavy atom. The van der Waals surface area contributed by atoms with E-state index >= 15 is 0 Å². The van der Waals surface area contributed by atoms with Gasteiger partial charge in [-0.05, 0) is 37.1 Å². The van der Waals surface area contributed by atoms with Crippen molar-refractivity contribution < 1.29 is 14.3 Å². The van der Waals surface area contributed by atoms with E-state index in [1.54, 1.807) is 19.1 Å². The van der Waals surface area contributed by atoms with Gasteiger partial charge in [0.15, 0.2) is 0 Å². The molecule has 0 spiro atoms. The van der Waals surface area contributed by atoms with Crippen molar-refractivity contribution in [1.29, 1.82) is 0 Å². The fourth-order valence-corrected chi connectivity index (χ4v) is 3.18. The van der Waals surface area contributed by atoms with E-state index in [0.29, 0.717) is 6.54 Å². The van der Waals surface area contributed by atoms with E-state index in [1.807, 2.05) is 35.0 Å². The molecule has 1 atom stereocenters. The topological polar surface area (TPSA) is 63.6 Å². The van der Waals surface area contributed by atoms with Gasteiger partial charge in [-0.2, -0.15) is 0 Å². The lowest BCUT2D eigenvalue weighted by Crippen LogP contribution is -2.45. The minimum atomic E-state index is -0.338. The number of methoxy groups -OCH3 is 1. The Hall–Kier alpha value is -2.50. The average Bonchev–Trinajstić information content (AvgIpc) is 3.21. The van der Waals surface area contributed by atoms with E-state index in [4.69, 9.17) is 4.74 Å². The summed E-state index contributed by atoms with van der Waals surface area (Å²) in [7, 11) is 3.24. The van der Waals surface area contributed by atoms with Crippen molar-refractivity contribution in [3.63, 3.8) is 0 Å². The standard InChI is InChI=1S/C17H21N3O3/c1-18-17(22)15-4-3-8-20(15)16(21)11-19-9-7-12-10-13(23-2)5-6-14(12)19/h5-7,9-10,15H,3-4,8,11H2,1-2H3,(H,18,22)/t15-/m0/s1. The summed E-state index contributed by atoms with van der Waals surface area (Å²) in [5, 5.41) is 3.67. The van der Waals surface area contributed by atoms with Gasteiger partial charge in [-0.15, -0.1) is 0 Å². The normalized spacial score (nSPS) is 17.5. The van der Waals surface area contributed by atoms with Gasteiger partial charge < -0.3 is 19.5 Å². The quantitative estimate of drug-likeness (QED) is 0.927. The molecule has 1 aliphatic rings. The van der Waals surface area contributed by atoms with Gasteiger partial charge in [0.05, 0.1) is 7.11 Å². The van der Waals surface area contributed by atoms with Gasteiger partial charge >= 0.3 is 0 Å². The summed E-state index contributed by atoms with van der Waals surface area (Å²) >= 11 is 0. The van der Waals surface area contributed by atoms with E-state index < -0.39 is 0 Å². The van der Waals surface area contributed by atoms with E-state index in [1.165, 1.54) is 0 Å². The van der Waals surface area contributed by atoms with Crippen LogP contribution in [0.2, 0.25) is 0 Å². The Balaban J connectivity index is 1.79. The lowest BCUT2D eigenvalue weighted by atomic mass is 10.2. The van der Waals surface area contributed by atoms with E-state index in [9.17, 15) is 9.59 Å². The number of aromatic nitrogens is 1. The van der Waals surface area contributed by atoms with Crippen LogP contribution in [0.4, 0.5) is 0 Å². The van der Waals surface area contributed by atoms with Crippen molar-refractivity contribution in [3.05, 3.63) is 30.5 Å². The number of carbonyl (C=O) groups excluding carboxylic acids is 2. The molecule has 1 saturated heterocycles. The van der Waals surface area contributed by atoms with Crippen LogP contribution in [0.1, 0.15) is 12.8 Å². The van der Waals surface area contributed by atoms with E-state index in [-0.39, 0.29) is 24.4 Å². The van der Waals surface area contributed by atoms with Crippen LogP contribution in [0.3, 0.4) is 0 Å². The molecule has 1 aromatic carbocycles. The molecular weight excluding hydrogens is 294 g/mol. The molecule has 0 saturated carbocycles. The smallest absolute Gasteiger partial charge is 0.243 e. The van der Waals surface area contributed by atoms with Crippen molar-refractivity contribution in [1.82, 2.24) is 14.8 Å². The van der Waals surface area contributed by atoms with Crippen LogP contribution in [0.25, 0.3) is 10.9 Å². The number of benzene rings is 1. The number of nitrogens with zero attached hydrogens (tertiary/aromatic N) is 2. The van der Waals surface area contributed by atoms with Crippen molar-refractivity contribution >= 4 is 22.7 Å². The minimum Gasteiger partial charge on any atom is -0.497 e. The van der Waals surface area contributed by atoms with E-state index in [0.717, 1.165) is 29.5 Å². The molecular formula is C17H21N3O3. The molecule has 6 nitrogen and oxygen atoms in total. The zero-order chi connectivity index (χ0) is 16.4. The minimum absolute atomic E-state index is 0.0237. The van der Waals surface area contributed by atoms with Crippen molar-refractivity contribution in [2.45, 2.75) is 25.4 Å². The second-order valence-corrected chi connectivity index (χ2v) is 5.73. The summed E-state index contributed by atoms with van der Waals surface area (Å²) in [6.45, 7) is 0.882. The third-order valence-electron chi connectivity index (χ3n) is 4.41. The van der Waals surface area contributed by atoms with Crippen LogP contribution in [0, 0.1) is 0 Å². The Kier molecular flexibility index (Phi) is 4.23. The Morgan fingerprint density at radius 3 is 2.91 bits per heavy atom. The van der Waals surface area contributed by atoms with Crippen LogP contribution in [0.5, 0.6) is 5.75 Å². The Labute approximate surface area is 135 Å². The highest BCUT2D eigenvalue weighted by Crippen LogP contribution is 2.23. The molecule has 1 aromatic heterocycles. The zero-order valence-corrected chi connectivity index (χ0v) is 13.4. The highest BCUT2D eigenvalue weighted by Gasteiger charge is 2.33. The SMILES string of the molecule is CNC(=O)[C@@H]1CCCN1C(=O)Cn1ccc2cc(OC)ccc21. The first-order chi connectivity index (χ1) is 11.1. The molecule has 23 heavy (non-hydrogen) atoms. The van der Waals surface area contributed by atoms with Crippen molar-refractivity contribution in [3.8, 4) is 5.75 Å². The zero-order valence-electron chi connectivity index (χ0n) is 13.4. The molecule has 2 aromatic rings. The molecule has 1 aliphatic heterocycles. The first kappa shape index (κ1) is 15.4. The summed E-state index contributed by atoms with van der Waals surface area (Å²) in [6, 6.07) is 7.40. The third-order valence-corrected chi connectivity index (χ3v) is 4.41. The predicted molar refractivity (Wildman–Crippen MR) is 87.3 cm³/mol. The largest absolute Gasteiger partial charge is 0.497 e. The van der Waals surface area contributed by atoms with Crippen LogP contribution in [0.15, 0.2) is 30.5 Å². The summed E-state index contributed by atoms with van der Waals surface area (Å²) < 4.78 is 7.13. The number of likely N-dealkylation sites (N-methyl/N-ethyl adjacent to an activating group) is 1. The number of rotatable bonds is 4. The summed E-state index contributed by atoms with van der Waals surface area (Å²) in [5.41, 5.74) is 0.981. The highest BCUT2D eigenvalue weighted by molar-refractivity contribution is 5.89. The number of nitrogens with one attached hydrogen (secondary N) is 1. The molecule has 0 radical (unpaired) electrons.